The van der Waals surface area contributed by atoms with Crippen LogP contribution in [-0.4, -0.2) is 21.2 Å². The molecule has 0 aliphatic carbocycles. The molecule has 1 N–H and O–H groups in total. The standard InChI is InChI=1S/C11H10N2O4S2/c14-7-10-3-2-9(18-19-10)6-12-5-8(13(16)17)1-4-11(12)15/h1-5,14H,6-7H2. The van der Waals surface area contributed by atoms with Crippen LogP contribution in [0.15, 0.2) is 45.1 Å². The normalized spacial score (nSPS) is 14.8. The van der Waals surface area contributed by atoms with Gasteiger partial charge in [-0.15, -0.1) is 0 Å². The number of aliphatic hydroxyl groups is 1. The van der Waals surface area contributed by atoms with Crippen LogP contribution in [0.4, 0.5) is 5.69 Å². The largest absolute Gasteiger partial charge is 0.391 e. The summed E-state index contributed by atoms with van der Waals surface area (Å²) in [5.74, 6) is 0. The van der Waals surface area contributed by atoms with E-state index < -0.39 is 4.92 Å². The lowest BCUT2D eigenvalue weighted by atomic mass is 10.4. The van der Waals surface area contributed by atoms with Crippen molar-refractivity contribution in [2.24, 2.45) is 0 Å². The van der Waals surface area contributed by atoms with Crippen molar-refractivity contribution in [3.63, 3.8) is 0 Å². The second-order valence-electron chi connectivity index (χ2n) is 3.70. The quantitative estimate of drug-likeness (QED) is 0.519. The Morgan fingerprint density at radius 3 is 2.53 bits per heavy atom. The van der Waals surface area contributed by atoms with E-state index in [0.29, 0.717) is 0 Å². The van der Waals surface area contributed by atoms with E-state index in [1.54, 1.807) is 12.2 Å². The topological polar surface area (TPSA) is 85.4 Å². The smallest absolute Gasteiger partial charge is 0.285 e. The molecule has 6 nitrogen and oxygen atoms in total. The number of aliphatic hydroxyl groups excluding tert-OH is 1. The zero-order chi connectivity index (χ0) is 13.8. The third kappa shape index (κ3) is 3.49. The second kappa shape index (κ2) is 6.09. The molecule has 0 spiro atoms. The average molecular weight is 298 g/mol. The molecule has 1 aromatic heterocycles. The predicted molar refractivity (Wildman–Crippen MR) is 75.8 cm³/mol. The van der Waals surface area contributed by atoms with Crippen molar-refractivity contribution in [2.75, 3.05) is 6.61 Å². The van der Waals surface area contributed by atoms with Crippen LogP contribution in [0.1, 0.15) is 0 Å². The van der Waals surface area contributed by atoms with E-state index in [1.165, 1.54) is 44.5 Å². The van der Waals surface area contributed by atoms with Crippen LogP contribution >= 0.6 is 21.6 Å². The van der Waals surface area contributed by atoms with Crippen LogP contribution in [-0.2, 0) is 6.54 Å². The molecule has 2 heterocycles. The highest BCUT2D eigenvalue weighted by Gasteiger charge is 2.11. The highest BCUT2D eigenvalue weighted by atomic mass is 33.1. The van der Waals surface area contributed by atoms with Gasteiger partial charge < -0.3 is 9.67 Å². The summed E-state index contributed by atoms with van der Waals surface area (Å²) in [4.78, 5) is 23.5. The maximum Gasteiger partial charge on any atom is 0.285 e. The molecule has 0 amide bonds. The SMILES string of the molecule is O=c1ccc([N+](=O)[O-])cn1CC1=CC=C(CO)SS1. The summed E-state index contributed by atoms with van der Waals surface area (Å²) in [6.45, 7) is 0.269. The Labute approximate surface area is 116 Å². The number of allylic oxidation sites excluding steroid dienone is 3. The van der Waals surface area contributed by atoms with Gasteiger partial charge in [-0.2, -0.15) is 0 Å². The first-order valence-electron chi connectivity index (χ1n) is 5.30. The van der Waals surface area contributed by atoms with Crippen LogP contribution < -0.4 is 5.56 Å². The van der Waals surface area contributed by atoms with Gasteiger partial charge in [0.25, 0.3) is 11.2 Å². The molecule has 8 heteroatoms. The van der Waals surface area contributed by atoms with Crippen LogP contribution in [0.3, 0.4) is 0 Å². The Kier molecular flexibility index (Phi) is 4.46. The van der Waals surface area contributed by atoms with Gasteiger partial charge in [-0.25, -0.2) is 0 Å². The van der Waals surface area contributed by atoms with Crippen LogP contribution in [0, 0.1) is 10.1 Å². The molecule has 100 valence electrons. The number of nitrogens with zero attached hydrogens (tertiary/aromatic N) is 2. The van der Waals surface area contributed by atoms with Crippen molar-refractivity contribution < 1.29 is 10.0 Å². The Morgan fingerprint density at radius 2 is 1.95 bits per heavy atom. The highest BCUT2D eigenvalue weighted by Crippen LogP contribution is 2.40. The number of nitro groups is 1. The van der Waals surface area contributed by atoms with Gasteiger partial charge in [0.1, 0.15) is 0 Å². The molecule has 1 aliphatic heterocycles. The third-order valence-electron chi connectivity index (χ3n) is 2.37. The van der Waals surface area contributed by atoms with Gasteiger partial charge >= 0.3 is 0 Å². The Morgan fingerprint density at radius 1 is 1.26 bits per heavy atom. The van der Waals surface area contributed by atoms with Crippen molar-refractivity contribution in [1.29, 1.82) is 0 Å². The van der Waals surface area contributed by atoms with Crippen LogP contribution in [0.2, 0.25) is 0 Å². The first kappa shape index (κ1) is 13.9. The molecular formula is C11H10N2O4S2. The highest BCUT2D eigenvalue weighted by molar-refractivity contribution is 8.79. The molecule has 0 saturated carbocycles. The van der Waals surface area contributed by atoms with E-state index in [2.05, 4.69) is 0 Å². The summed E-state index contributed by atoms with van der Waals surface area (Å²) in [6, 6.07) is 2.38. The summed E-state index contributed by atoms with van der Waals surface area (Å²) >= 11 is 0. The van der Waals surface area contributed by atoms with Crippen molar-refractivity contribution in [1.82, 2.24) is 4.57 Å². The maximum atomic E-state index is 11.6. The van der Waals surface area contributed by atoms with Crippen molar-refractivity contribution in [2.45, 2.75) is 6.54 Å². The lowest BCUT2D eigenvalue weighted by Crippen LogP contribution is -2.19. The minimum atomic E-state index is -0.531. The molecule has 2 rings (SSSR count). The van der Waals surface area contributed by atoms with E-state index in [4.69, 9.17) is 5.11 Å². The molecule has 0 bridgehead atoms. The molecule has 0 unspecified atom stereocenters. The fourth-order valence-electron chi connectivity index (χ4n) is 1.42. The summed E-state index contributed by atoms with van der Waals surface area (Å²) in [6.07, 6.45) is 4.82. The monoisotopic (exact) mass is 298 g/mol. The summed E-state index contributed by atoms with van der Waals surface area (Å²) in [7, 11) is 2.85. The number of hydrogen-bond acceptors (Lipinski definition) is 6. The Balaban J connectivity index is 2.22. The number of rotatable bonds is 4. The molecule has 0 aromatic carbocycles. The zero-order valence-corrected chi connectivity index (χ0v) is 11.3. The van der Waals surface area contributed by atoms with Gasteiger partial charge in [0.2, 0.25) is 0 Å². The minimum absolute atomic E-state index is 0.0157. The lowest BCUT2D eigenvalue weighted by molar-refractivity contribution is -0.385. The lowest BCUT2D eigenvalue weighted by Gasteiger charge is -2.12. The van der Waals surface area contributed by atoms with Crippen LogP contribution in [0.5, 0.6) is 0 Å². The number of hydrogen-bond donors (Lipinski definition) is 1. The zero-order valence-electron chi connectivity index (χ0n) is 9.68. The Hall–Kier alpha value is -1.51. The van der Waals surface area contributed by atoms with Gasteiger partial charge in [-0.05, 0) is 12.2 Å². The second-order valence-corrected chi connectivity index (χ2v) is 6.08. The summed E-state index contributed by atoms with van der Waals surface area (Å²) in [5, 5.41) is 19.6. The third-order valence-corrected chi connectivity index (χ3v) is 4.95. The van der Waals surface area contributed by atoms with Gasteiger partial charge in [0.05, 0.1) is 24.3 Å². The fourth-order valence-corrected chi connectivity index (χ4v) is 3.42. The van der Waals surface area contributed by atoms with E-state index in [9.17, 15) is 14.9 Å². The fraction of sp³-hybridized carbons (Fsp3) is 0.182. The summed E-state index contributed by atoms with van der Waals surface area (Å²) < 4.78 is 1.30. The first-order chi connectivity index (χ1) is 9.10. The molecule has 0 saturated heterocycles. The molecule has 19 heavy (non-hydrogen) atoms. The number of aromatic nitrogens is 1. The van der Waals surface area contributed by atoms with Crippen molar-refractivity contribution in [3.05, 3.63) is 60.8 Å². The summed E-state index contributed by atoms with van der Waals surface area (Å²) in [5.41, 5.74) is -0.394. The van der Waals surface area contributed by atoms with Crippen molar-refractivity contribution >= 4 is 27.3 Å². The van der Waals surface area contributed by atoms with E-state index in [-0.39, 0.29) is 24.4 Å². The van der Waals surface area contributed by atoms with E-state index in [1.807, 2.05) is 0 Å². The van der Waals surface area contributed by atoms with Gasteiger partial charge in [0, 0.05) is 21.9 Å². The minimum Gasteiger partial charge on any atom is -0.391 e. The molecule has 0 atom stereocenters. The predicted octanol–water partition coefficient (Wildman–Crippen LogP) is 1.91. The van der Waals surface area contributed by atoms with Gasteiger partial charge in [-0.1, -0.05) is 21.6 Å². The number of pyridine rings is 1. The van der Waals surface area contributed by atoms with E-state index in [0.717, 1.165) is 9.81 Å². The molecule has 0 fully saturated rings. The first-order valence-corrected chi connectivity index (χ1v) is 7.45. The molecule has 0 radical (unpaired) electrons. The van der Waals surface area contributed by atoms with Crippen LogP contribution in [0.25, 0.3) is 0 Å². The van der Waals surface area contributed by atoms with Gasteiger partial charge in [0.15, 0.2) is 0 Å². The average Bonchev–Trinajstić information content (AvgIpc) is 2.42. The van der Waals surface area contributed by atoms with Gasteiger partial charge in [-0.3, -0.25) is 14.9 Å². The van der Waals surface area contributed by atoms with E-state index >= 15 is 0 Å². The Bertz CT molecular complexity index is 621. The molecule has 1 aliphatic rings. The molecule has 1 aromatic rings. The molecular weight excluding hydrogens is 288 g/mol. The van der Waals surface area contributed by atoms with Crippen molar-refractivity contribution in [3.8, 4) is 0 Å². The maximum absolute atomic E-state index is 11.6.